The minimum atomic E-state index is -4.48. The first-order valence-electron chi connectivity index (χ1n) is 11.0. The summed E-state index contributed by atoms with van der Waals surface area (Å²) in [5, 5.41) is 9.94. The molecule has 1 aliphatic rings. The van der Waals surface area contributed by atoms with Crippen LogP contribution in [-0.4, -0.2) is 21.6 Å². The van der Waals surface area contributed by atoms with Crippen molar-refractivity contribution in [1.82, 2.24) is 9.78 Å². The Morgan fingerprint density at radius 3 is 2.47 bits per heavy atom. The molecule has 178 valence electrons. The van der Waals surface area contributed by atoms with E-state index in [0.29, 0.717) is 22.6 Å². The fraction of sp³-hybridized carbons (Fsp3) is 0.320. The van der Waals surface area contributed by atoms with Crippen LogP contribution in [0.2, 0.25) is 0 Å². The minimum Gasteiger partial charge on any atom is -0.326 e. The molecule has 0 atom stereocenters. The summed E-state index contributed by atoms with van der Waals surface area (Å²) in [7, 11) is 0. The zero-order valence-corrected chi connectivity index (χ0v) is 19.0. The first-order chi connectivity index (χ1) is 16.0. The van der Waals surface area contributed by atoms with E-state index in [4.69, 9.17) is 0 Å². The van der Waals surface area contributed by atoms with Gasteiger partial charge >= 0.3 is 6.18 Å². The molecule has 0 unspecified atom stereocenters. The molecule has 1 saturated carbocycles. The van der Waals surface area contributed by atoms with E-state index in [1.807, 2.05) is 6.92 Å². The van der Waals surface area contributed by atoms with Gasteiger partial charge in [0.1, 0.15) is 0 Å². The third-order valence-corrected chi connectivity index (χ3v) is 5.71. The molecule has 3 aromatic rings. The highest BCUT2D eigenvalue weighted by Gasteiger charge is 2.34. The predicted octanol–water partition coefficient (Wildman–Crippen LogP) is 5.92. The van der Waals surface area contributed by atoms with Crippen LogP contribution in [0, 0.1) is 12.8 Å². The number of rotatable bonds is 6. The fourth-order valence-corrected chi connectivity index (χ4v) is 3.61. The van der Waals surface area contributed by atoms with E-state index in [1.165, 1.54) is 16.9 Å². The highest BCUT2D eigenvalue weighted by atomic mass is 19.4. The van der Waals surface area contributed by atoms with E-state index in [1.54, 1.807) is 38.1 Å². The number of carbonyl (C=O) groups excluding carboxylic acids is 2. The quantitative estimate of drug-likeness (QED) is 0.469. The lowest BCUT2D eigenvalue weighted by molar-refractivity contribution is -0.137. The van der Waals surface area contributed by atoms with Crippen LogP contribution < -0.4 is 10.6 Å². The van der Waals surface area contributed by atoms with Crippen molar-refractivity contribution in [1.29, 1.82) is 0 Å². The zero-order chi connectivity index (χ0) is 24.6. The Labute approximate surface area is 195 Å². The Morgan fingerprint density at radius 2 is 1.82 bits per heavy atom. The first-order valence-corrected chi connectivity index (χ1v) is 11.0. The third kappa shape index (κ3) is 4.98. The van der Waals surface area contributed by atoms with Crippen LogP contribution in [0.15, 0.2) is 48.7 Å². The molecule has 0 aliphatic heterocycles. The Balaban J connectivity index is 1.64. The molecule has 2 N–H and O–H groups in total. The lowest BCUT2D eigenvalue weighted by atomic mass is 10.1. The molecule has 9 heteroatoms. The van der Waals surface area contributed by atoms with Crippen molar-refractivity contribution in [3.8, 4) is 5.69 Å². The topological polar surface area (TPSA) is 76.0 Å². The van der Waals surface area contributed by atoms with E-state index in [2.05, 4.69) is 15.7 Å². The number of hydrogen-bond donors (Lipinski definition) is 2. The number of aromatic nitrogens is 2. The summed E-state index contributed by atoms with van der Waals surface area (Å²) in [6.45, 7) is 5.40. The van der Waals surface area contributed by atoms with Crippen molar-refractivity contribution in [2.45, 2.75) is 45.7 Å². The number of anilines is 2. The average molecular weight is 470 g/mol. The molecule has 34 heavy (non-hydrogen) atoms. The molecule has 2 aromatic carbocycles. The van der Waals surface area contributed by atoms with E-state index < -0.39 is 17.6 Å². The summed E-state index contributed by atoms with van der Waals surface area (Å²) in [5.41, 5.74) is 2.28. The number of halogens is 3. The monoisotopic (exact) mass is 470 g/mol. The van der Waals surface area contributed by atoms with Crippen LogP contribution in [0.3, 0.4) is 0 Å². The second-order valence-corrected chi connectivity index (χ2v) is 8.81. The number of nitrogens with one attached hydrogen (secondary N) is 2. The van der Waals surface area contributed by atoms with Crippen LogP contribution in [0.25, 0.3) is 5.69 Å². The van der Waals surface area contributed by atoms with E-state index in [0.717, 1.165) is 30.5 Å². The molecule has 0 bridgehead atoms. The SMILES string of the molecule is Cc1ccc(NC(=O)C(C)C)cc1NC(=O)c1cnn(-c2cccc(C(F)(F)F)c2)c1C1CC1. The lowest BCUT2D eigenvalue weighted by Crippen LogP contribution is -2.18. The van der Waals surface area contributed by atoms with Crippen LogP contribution in [0.4, 0.5) is 24.5 Å². The van der Waals surface area contributed by atoms with Crippen molar-refractivity contribution in [3.05, 3.63) is 71.0 Å². The summed E-state index contributed by atoms with van der Waals surface area (Å²) in [6, 6.07) is 10.1. The Hall–Kier alpha value is -3.62. The van der Waals surface area contributed by atoms with Crippen molar-refractivity contribution in [3.63, 3.8) is 0 Å². The summed E-state index contributed by atoms with van der Waals surface area (Å²) < 4.78 is 41.0. The van der Waals surface area contributed by atoms with E-state index in [9.17, 15) is 22.8 Å². The summed E-state index contributed by atoms with van der Waals surface area (Å²) >= 11 is 0. The minimum absolute atomic E-state index is 0.0514. The molecule has 1 aliphatic carbocycles. The normalized spacial score (nSPS) is 13.7. The molecule has 0 radical (unpaired) electrons. The van der Waals surface area contributed by atoms with Gasteiger partial charge in [-0.3, -0.25) is 9.59 Å². The van der Waals surface area contributed by atoms with E-state index >= 15 is 0 Å². The first kappa shape index (κ1) is 23.5. The highest BCUT2D eigenvalue weighted by Crippen LogP contribution is 2.43. The number of aryl methyl sites for hydroxylation is 1. The standard InChI is InChI=1S/C25H25F3N4O2/c1-14(2)23(33)30-18-10-7-15(3)21(12-18)31-24(34)20-13-29-32(22(20)16-8-9-16)19-6-4-5-17(11-19)25(26,27)28/h4-7,10-14,16H,8-9H2,1-3H3,(H,30,33)(H,31,34). The molecule has 4 rings (SSSR count). The Morgan fingerprint density at radius 1 is 1.09 bits per heavy atom. The van der Waals surface area contributed by atoms with Crippen LogP contribution in [-0.2, 0) is 11.0 Å². The number of hydrogen-bond acceptors (Lipinski definition) is 3. The number of carbonyl (C=O) groups is 2. The summed E-state index contributed by atoms with van der Waals surface area (Å²) in [6.07, 6.45) is -1.42. The Bertz CT molecular complexity index is 1240. The van der Waals surface area contributed by atoms with Gasteiger partial charge in [0, 0.05) is 23.2 Å². The van der Waals surface area contributed by atoms with Gasteiger partial charge in [-0.25, -0.2) is 4.68 Å². The highest BCUT2D eigenvalue weighted by molar-refractivity contribution is 6.06. The van der Waals surface area contributed by atoms with Crippen molar-refractivity contribution in [2.75, 3.05) is 10.6 Å². The maximum atomic E-state index is 13.2. The van der Waals surface area contributed by atoms with Gasteiger partial charge < -0.3 is 10.6 Å². The van der Waals surface area contributed by atoms with Gasteiger partial charge in [-0.1, -0.05) is 26.0 Å². The van der Waals surface area contributed by atoms with Crippen LogP contribution >= 0.6 is 0 Å². The molecule has 6 nitrogen and oxygen atoms in total. The maximum Gasteiger partial charge on any atom is 0.416 e. The number of alkyl halides is 3. The number of nitrogens with zero attached hydrogens (tertiary/aromatic N) is 2. The largest absolute Gasteiger partial charge is 0.416 e. The van der Waals surface area contributed by atoms with E-state index in [-0.39, 0.29) is 23.4 Å². The molecule has 1 aromatic heterocycles. The van der Waals surface area contributed by atoms with Gasteiger partial charge in [0.15, 0.2) is 0 Å². The Kier molecular flexibility index (Phi) is 6.20. The molecule has 1 fully saturated rings. The fourth-order valence-electron chi connectivity index (χ4n) is 3.61. The maximum absolute atomic E-state index is 13.2. The second-order valence-electron chi connectivity index (χ2n) is 8.81. The van der Waals surface area contributed by atoms with Crippen LogP contribution in [0.5, 0.6) is 0 Å². The molecule has 2 amide bonds. The second kappa shape index (κ2) is 8.96. The van der Waals surface area contributed by atoms with Crippen molar-refractivity contribution in [2.24, 2.45) is 5.92 Å². The summed E-state index contributed by atoms with van der Waals surface area (Å²) in [5.74, 6) is -0.687. The van der Waals surface area contributed by atoms with Gasteiger partial charge in [0.2, 0.25) is 5.91 Å². The lowest BCUT2D eigenvalue weighted by Gasteiger charge is -2.14. The van der Waals surface area contributed by atoms with Crippen molar-refractivity contribution >= 4 is 23.2 Å². The van der Waals surface area contributed by atoms with Gasteiger partial charge in [-0.2, -0.15) is 18.3 Å². The zero-order valence-electron chi connectivity index (χ0n) is 19.0. The molecule has 0 spiro atoms. The molecule has 0 saturated heterocycles. The average Bonchev–Trinajstić information content (AvgIpc) is 3.52. The number of amides is 2. The number of benzene rings is 2. The van der Waals surface area contributed by atoms with Gasteiger partial charge in [0.25, 0.3) is 5.91 Å². The van der Waals surface area contributed by atoms with Gasteiger partial charge in [0.05, 0.1) is 28.7 Å². The van der Waals surface area contributed by atoms with Gasteiger partial charge in [-0.05, 0) is 55.7 Å². The third-order valence-electron chi connectivity index (χ3n) is 5.71. The summed E-state index contributed by atoms with van der Waals surface area (Å²) in [4.78, 5) is 25.2. The van der Waals surface area contributed by atoms with Crippen molar-refractivity contribution < 1.29 is 22.8 Å². The van der Waals surface area contributed by atoms with Gasteiger partial charge in [-0.15, -0.1) is 0 Å². The predicted molar refractivity (Wildman–Crippen MR) is 123 cm³/mol. The smallest absolute Gasteiger partial charge is 0.326 e. The molecular formula is C25H25F3N4O2. The van der Waals surface area contributed by atoms with Crippen LogP contribution in [0.1, 0.15) is 59.8 Å². The molecule has 1 heterocycles. The molecular weight excluding hydrogens is 445 g/mol.